The molecule has 0 aromatic heterocycles. The lowest BCUT2D eigenvalue weighted by molar-refractivity contribution is -0.137. The van der Waals surface area contributed by atoms with Crippen molar-refractivity contribution in [2.75, 3.05) is 13.1 Å². The van der Waals surface area contributed by atoms with Crippen LogP contribution in [-0.2, 0) is 9.59 Å². The molecule has 0 fully saturated rings. The van der Waals surface area contributed by atoms with E-state index in [0.29, 0.717) is 19.4 Å². The number of rotatable bonds is 9. The van der Waals surface area contributed by atoms with E-state index in [4.69, 9.17) is 10.4 Å². The first-order valence-corrected chi connectivity index (χ1v) is 7.04. The molecule has 0 aliphatic carbocycles. The van der Waals surface area contributed by atoms with Crippen LogP contribution in [0.3, 0.4) is 0 Å². The fourth-order valence-corrected chi connectivity index (χ4v) is 1.72. The molecule has 0 aromatic carbocycles. The van der Waals surface area contributed by atoms with E-state index in [1.807, 2.05) is 19.9 Å². The first kappa shape index (κ1) is 18.9. The molecule has 0 unspecified atom stereocenters. The Labute approximate surface area is 124 Å². The van der Waals surface area contributed by atoms with Gasteiger partial charge in [-0.2, -0.15) is 5.26 Å². The van der Waals surface area contributed by atoms with Crippen molar-refractivity contribution in [3.05, 3.63) is 0 Å². The number of nitrogens with zero attached hydrogens (tertiary/aromatic N) is 2. The monoisotopic (exact) mass is 297 g/mol. The van der Waals surface area contributed by atoms with E-state index >= 15 is 0 Å². The molecule has 3 amide bonds. The van der Waals surface area contributed by atoms with Crippen molar-refractivity contribution in [1.29, 1.82) is 5.26 Å². The number of hydrogen-bond acceptors (Lipinski definition) is 4. The normalized spacial score (nSPS) is 10.0. The lowest BCUT2D eigenvalue weighted by Crippen LogP contribution is -2.44. The maximum absolute atomic E-state index is 11.9. The number of carbonyl (C=O) groups is 3. The number of imide groups is 1. The summed E-state index contributed by atoms with van der Waals surface area (Å²) in [4.78, 5) is 35.3. The lowest BCUT2D eigenvalue weighted by atomic mass is 10.2. The van der Waals surface area contributed by atoms with E-state index in [0.717, 1.165) is 0 Å². The quantitative estimate of drug-likeness (QED) is 0.630. The number of carboxylic acid groups (broad SMARTS) is 1. The summed E-state index contributed by atoms with van der Waals surface area (Å²) in [6.45, 7) is 4.65. The summed E-state index contributed by atoms with van der Waals surface area (Å²) in [6.07, 6.45) is 1.18. The highest BCUT2D eigenvalue weighted by molar-refractivity contribution is 5.94. The van der Waals surface area contributed by atoms with Gasteiger partial charge in [-0.05, 0) is 18.8 Å². The van der Waals surface area contributed by atoms with Crippen LogP contribution in [0.25, 0.3) is 0 Å². The molecule has 2 N–H and O–H groups in total. The Morgan fingerprint density at radius 3 is 2.38 bits per heavy atom. The lowest BCUT2D eigenvalue weighted by Gasteiger charge is -2.23. The van der Waals surface area contributed by atoms with Gasteiger partial charge in [-0.25, -0.2) is 4.79 Å². The van der Waals surface area contributed by atoms with Gasteiger partial charge >= 0.3 is 12.0 Å². The summed E-state index contributed by atoms with van der Waals surface area (Å²) in [7, 11) is 0. The number of unbranched alkanes of at least 4 members (excludes halogenated alkanes) is 1. The van der Waals surface area contributed by atoms with Crippen molar-refractivity contribution in [2.24, 2.45) is 5.92 Å². The third kappa shape index (κ3) is 10.4. The summed E-state index contributed by atoms with van der Waals surface area (Å²) in [5.74, 6) is -1.08. The van der Waals surface area contributed by atoms with E-state index in [2.05, 4.69) is 5.32 Å². The Morgan fingerprint density at radius 2 is 1.86 bits per heavy atom. The molecule has 0 aliphatic rings. The molecule has 0 heterocycles. The SMILES string of the molecule is CC(C)CN(CCC#N)C(=O)NC(=O)CCCCC(=O)O. The minimum absolute atomic E-state index is 0.0167. The van der Waals surface area contributed by atoms with Crippen LogP contribution in [0.15, 0.2) is 0 Å². The zero-order valence-electron chi connectivity index (χ0n) is 12.6. The van der Waals surface area contributed by atoms with Gasteiger partial charge in [-0.1, -0.05) is 13.8 Å². The predicted octanol–water partition coefficient (Wildman–Crippen LogP) is 1.74. The minimum atomic E-state index is -0.897. The van der Waals surface area contributed by atoms with Crippen LogP contribution in [0.4, 0.5) is 4.79 Å². The molecule has 0 aromatic rings. The summed E-state index contributed by atoms with van der Waals surface area (Å²) in [5, 5.41) is 19.3. The number of hydrogen-bond donors (Lipinski definition) is 2. The van der Waals surface area contributed by atoms with Gasteiger partial charge in [0.25, 0.3) is 0 Å². The third-order valence-electron chi connectivity index (χ3n) is 2.66. The molecular weight excluding hydrogens is 274 g/mol. The first-order chi connectivity index (χ1) is 9.86. The highest BCUT2D eigenvalue weighted by Crippen LogP contribution is 2.03. The van der Waals surface area contributed by atoms with E-state index < -0.39 is 17.9 Å². The average molecular weight is 297 g/mol. The molecule has 0 rings (SSSR count). The van der Waals surface area contributed by atoms with Gasteiger partial charge in [-0.3, -0.25) is 14.9 Å². The van der Waals surface area contributed by atoms with Crippen molar-refractivity contribution in [3.63, 3.8) is 0 Å². The number of nitriles is 1. The Bertz CT molecular complexity index is 402. The average Bonchev–Trinajstić information content (AvgIpc) is 2.38. The fourth-order valence-electron chi connectivity index (χ4n) is 1.72. The smallest absolute Gasteiger partial charge is 0.324 e. The maximum Gasteiger partial charge on any atom is 0.324 e. The first-order valence-electron chi connectivity index (χ1n) is 7.04. The number of amides is 3. The van der Waals surface area contributed by atoms with Gasteiger partial charge in [-0.15, -0.1) is 0 Å². The molecule has 0 bridgehead atoms. The summed E-state index contributed by atoms with van der Waals surface area (Å²) in [5.41, 5.74) is 0. The molecular formula is C14H23N3O4. The Kier molecular flexibility index (Phi) is 9.59. The highest BCUT2D eigenvalue weighted by atomic mass is 16.4. The van der Waals surface area contributed by atoms with Gasteiger partial charge in [0.05, 0.1) is 12.5 Å². The molecule has 0 atom stereocenters. The zero-order chi connectivity index (χ0) is 16.3. The molecule has 7 heteroatoms. The van der Waals surface area contributed by atoms with Gasteiger partial charge in [0, 0.05) is 25.9 Å². The number of aliphatic carboxylic acids is 1. The Hall–Kier alpha value is -2.10. The zero-order valence-corrected chi connectivity index (χ0v) is 12.6. The molecule has 0 spiro atoms. The van der Waals surface area contributed by atoms with Crippen molar-refractivity contribution in [2.45, 2.75) is 46.0 Å². The molecule has 0 aliphatic heterocycles. The largest absolute Gasteiger partial charge is 0.481 e. The highest BCUT2D eigenvalue weighted by Gasteiger charge is 2.16. The van der Waals surface area contributed by atoms with Crippen LogP contribution < -0.4 is 5.32 Å². The second-order valence-corrected chi connectivity index (χ2v) is 5.20. The van der Waals surface area contributed by atoms with E-state index in [1.165, 1.54) is 4.90 Å². The number of carboxylic acids is 1. The van der Waals surface area contributed by atoms with Crippen LogP contribution in [0, 0.1) is 17.2 Å². The van der Waals surface area contributed by atoms with Crippen LogP contribution in [0.2, 0.25) is 0 Å². The molecule has 118 valence electrons. The second-order valence-electron chi connectivity index (χ2n) is 5.20. The van der Waals surface area contributed by atoms with Crippen LogP contribution in [-0.4, -0.2) is 41.0 Å². The fraction of sp³-hybridized carbons (Fsp3) is 0.714. The van der Waals surface area contributed by atoms with Crippen molar-refractivity contribution in [1.82, 2.24) is 10.2 Å². The van der Waals surface area contributed by atoms with Gasteiger partial charge in [0.15, 0.2) is 0 Å². The van der Waals surface area contributed by atoms with Crippen LogP contribution in [0.5, 0.6) is 0 Å². The second kappa shape index (κ2) is 10.7. The van der Waals surface area contributed by atoms with Crippen molar-refractivity contribution in [3.8, 4) is 6.07 Å². The third-order valence-corrected chi connectivity index (χ3v) is 2.66. The topological polar surface area (TPSA) is 111 Å². The number of carbonyl (C=O) groups excluding carboxylic acids is 2. The van der Waals surface area contributed by atoms with Crippen LogP contribution in [0.1, 0.15) is 46.0 Å². The van der Waals surface area contributed by atoms with E-state index in [9.17, 15) is 14.4 Å². The Morgan fingerprint density at radius 1 is 1.24 bits per heavy atom. The van der Waals surface area contributed by atoms with Crippen molar-refractivity contribution >= 4 is 17.9 Å². The summed E-state index contributed by atoms with van der Waals surface area (Å²) in [6, 6.07) is 1.47. The van der Waals surface area contributed by atoms with Crippen LogP contribution >= 0.6 is 0 Å². The van der Waals surface area contributed by atoms with Gasteiger partial charge in [0.2, 0.25) is 5.91 Å². The minimum Gasteiger partial charge on any atom is -0.481 e. The molecule has 21 heavy (non-hydrogen) atoms. The van der Waals surface area contributed by atoms with Gasteiger partial charge < -0.3 is 10.0 Å². The summed E-state index contributed by atoms with van der Waals surface area (Å²) < 4.78 is 0. The Balaban J connectivity index is 4.17. The van der Waals surface area contributed by atoms with E-state index in [-0.39, 0.29) is 31.7 Å². The van der Waals surface area contributed by atoms with Gasteiger partial charge in [0.1, 0.15) is 0 Å². The summed E-state index contributed by atoms with van der Waals surface area (Å²) >= 11 is 0. The molecule has 0 saturated carbocycles. The van der Waals surface area contributed by atoms with Crippen molar-refractivity contribution < 1.29 is 19.5 Å². The molecule has 0 radical (unpaired) electrons. The maximum atomic E-state index is 11.9. The predicted molar refractivity (Wildman–Crippen MR) is 76.3 cm³/mol. The number of nitrogens with one attached hydrogen (secondary N) is 1. The number of urea groups is 1. The van der Waals surface area contributed by atoms with E-state index in [1.54, 1.807) is 0 Å². The molecule has 0 saturated heterocycles. The molecule has 7 nitrogen and oxygen atoms in total. The standard InChI is InChI=1S/C14H23N3O4/c1-11(2)10-17(9-5-8-15)14(21)16-12(18)6-3-4-7-13(19)20/h11H,3-7,9-10H2,1-2H3,(H,19,20)(H,16,18,21).